The van der Waals surface area contributed by atoms with Crippen LogP contribution < -0.4 is 0 Å². The van der Waals surface area contributed by atoms with Crippen LogP contribution in [0.2, 0.25) is 5.02 Å². The first-order valence-electron chi connectivity index (χ1n) is 3.60. The van der Waals surface area contributed by atoms with Crippen LogP contribution in [0.4, 0.5) is 0 Å². The summed E-state index contributed by atoms with van der Waals surface area (Å²) in [5.74, 6) is 0. The van der Waals surface area contributed by atoms with Crippen LogP contribution in [-0.4, -0.2) is 0 Å². The van der Waals surface area contributed by atoms with Crippen molar-refractivity contribution in [2.24, 2.45) is 0 Å². The van der Waals surface area contributed by atoms with Gasteiger partial charge in [-0.2, -0.15) is 0 Å². The molecule has 1 aromatic carbocycles. The molecule has 0 unspecified atom stereocenters. The molecule has 0 aliphatic heterocycles. The van der Waals surface area contributed by atoms with Gasteiger partial charge >= 0.3 is 0 Å². The Kier molecular flexibility index (Phi) is 2.79. The third-order valence-electron chi connectivity index (χ3n) is 1.58. The average Bonchev–Trinajstić information content (AvgIpc) is 2.53. The van der Waals surface area contributed by atoms with E-state index in [1.54, 1.807) is 22.7 Å². The van der Waals surface area contributed by atoms with Crippen LogP contribution in [0.25, 0.3) is 10.4 Å². The highest BCUT2D eigenvalue weighted by atomic mass is 35.5. The van der Waals surface area contributed by atoms with Gasteiger partial charge in [-0.3, -0.25) is 0 Å². The van der Waals surface area contributed by atoms with Crippen LogP contribution in [0.3, 0.4) is 0 Å². The number of benzene rings is 1. The van der Waals surface area contributed by atoms with Crippen molar-refractivity contribution in [3.63, 3.8) is 0 Å². The molecule has 0 amide bonds. The smallest absolute Gasteiger partial charge is 0.121 e. The van der Waals surface area contributed by atoms with Gasteiger partial charge in [0.25, 0.3) is 0 Å². The fourth-order valence-corrected chi connectivity index (χ4v) is 3.24. The Morgan fingerprint density at radius 2 is 1.85 bits per heavy atom. The molecule has 2 rings (SSSR count). The number of hydrogen-bond donors (Lipinski definition) is 0. The van der Waals surface area contributed by atoms with Crippen molar-refractivity contribution in [3.8, 4) is 10.4 Å². The van der Waals surface area contributed by atoms with E-state index in [2.05, 4.69) is 5.38 Å². The molecule has 0 saturated heterocycles. The lowest BCUT2D eigenvalue weighted by Crippen LogP contribution is -1.69. The lowest BCUT2D eigenvalue weighted by molar-refractivity contribution is 1.70. The maximum atomic E-state index is 5.79. The molecule has 0 aliphatic rings. The normalized spacial score (nSPS) is 10.2. The van der Waals surface area contributed by atoms with E-state index in [4.69, 9.17) is 23.8 Å². The van der Waals surface area contributed by atoms with Crippen molar-refractivity contribution in [1.29, 1.82) is 0 Å². The number of rotatable bonds is 1. The van der Waals surface area contributed by atoms with E-state index in [0.717, 1.165) is 8.16 Å². The first kappa shape index (κ1) is 9.34. The van der Waals surface area contributed by atoms with Gasteiger partial charge in [0.1, 0.15) is 3.14 Å². The molecule has 1 aromatic heterocycles. The molecular weight excluding hydrogens is 240 g/mol. The van der Waals surface area contributed by atoms with Crippen molar-refractivity contribution < 1.29 is 0 Å². The summed E-state index contributed by atoms with van der Waals surface area (Å²) in [5.41, 5.74) is 1.18. The highest BCUT2D eigenvalue weighted by Crippen LogP contribution is 2.29. The Morgan fingerprint density at radius 1 is 1.15 bits per heavy atom. The number of halogens is 1. The van der Waals surface area contributed by atoms with E-state index < -0.39 is 0 Å². The lowest BCUT2D eigenvalue weighted by atomic mass is 10.2. The summed E-state index contributed by atoms with van der Waals surface area (Å²) in [7, 11) is 0. The van der Waals surface area contributed by atoms with Crippen LogP contribution in [0.15, 0.2) is 29.6 Å². The Hall–Kier alpha value is -0.220. The molecule has 0 bridgehead atoms. The Balaban J connectivity index is 2.47. The van der Waals surface area contributed by atoms with Crippen LogP contribution in [-0.2, 0) is 0 Å². The van der Waals surface area contributed by atoms with Gasteiger partial charge < -0.3 is 0 Å². The van der Waals surface area contributed by atoms with Crippen LogP contribution >= 0.6 is 46.5 Å². The third kappa shape index (κ3) is 2.17. The van der Waals surface area contributed by atoms with Crippen LogP contribution in [0.1, 0.15) is 0 Å². The van der Waals surface area contributed by atoms with E-state index in [9.17, 15) is 0 Å². The van der Waals surface area contributed by atoms with Crippen molar-refractivity contribution in [3.05, 3.63) is 37.8 Å². The molecule has 0 radical (unpaired) electrons. The van der Waals surface area contributed by atoms with Crippen LogP contribution in [0, 0.1) is 3.14 Å². The third-order valence-corrected chi connectivity index (χ3v) is 4.35. The van der Waals surface area contributed by atoms with Gasteiger partial charge in [-0.25, -0.2) is 0 Å². The van der Waals surface area contributed by atoms with Gasteiger partial charge in [0.15, 0.2) is 0 Å². The summed E-state index contributed by atoms with van der Waals surface area (Å²) >= 11 is 14.1. The maximum absolute atomic E-state index is 5.79. The molecule has 0 saturated carbocycles. The Morgan fingerprint density at radius 3 is 2.38 bits per heavy atom. The standard InChI is InChI=1S/C9H5ClS3/c10-7-3-1-6(2-4-7)8-5-12-9(11)13-8/h1-5H. The summed E-state index contributed by atoms with van der Waals surface area (Å²) in [6.07, 6.45) is 0. The summed E-state index contributed by atoms with van der Waals surface area (Å²) in [6, 6.07) is 7.81. The molecule has 2 aromatic rings. The molecule has 0 spiro atoms. The van der Waals surface area contributed by atoms with Crippen molar-refractivity contribution >= 4 is 46.5 Å². The van der Waals surface area contributed by atoms with Crippen molar-refractivity contribution in [2.45, 2.75) is 0 Å². The minimum Gasteiger partial charge on any atom is -0.121 e. The van der Waals surface area contributed by atoms with Gasteiger partial charge in [-0.1, -0.05) is 36.0 Å². The SMILES string of the molecule is S=c1scc(-c2ccc(Cl)cc2)s1. The topological polar surface area (TPSA) is 0 Å². The van der Waals surface area contributed by atoms with Crippen molar-refractivity contribution in [1.82, 2.24) is 0 Å². The van der Waals surface area contributed by atoms with E-state index in [1.165, 1.54) is 10.4 Å². The molecule has 0 nitrogen and oxygen atoms in total. The second-order valence-corrected chi connectivity index (χ2v) is 6.01. The first-order chi connectivity index (χ1) is 6.25. The molecule has 13 heavy (non-hydrogen) atoms. The fourth-order valence-electron chi connectivity index (χ4n) is 0.981. The van der Waals surface area contributed by atoms with Crippen LogP contribution in [0.5, 0.6) is 0 Å². The first-order valence-corrected chi connectivity index (χ1v) is 6.08. The molecule has 0 fully saturated rings. The largest absolute Gasteiger partial charge is 0.144 e. The predicted molar refractivity (Wildman–Crippen MR) is 63.5 cm³/mol. The van der Waals surface area contributed by atoms with E-state index in [-0.39, 0.29) is 0 Å². The Labute approximate surface area is 94.4 Å². The van der Waals surface area contributed by atoms with Gasteiger partial charge in [-0.15, -0.1) is 22.7 Å². The molecule has 0 N–H and O–H groups in total. The zero-order chi connectivity index (χ0) is 9.26. The van der Waals surface area contributed by atoms with Gasteiger partial charge in [0.05, 0.1) is 0 Å². The molecule has 1 heterocycles. The zero-order valence-corrected chi connectivity index (χ0v) is 9.69. The van der Waals surface area contributed by atoms with E-state index in [0.29, 0.717) is 0 Å². The monoisotopic (exact) mass is 244 g/mol. The quantitative estimate of drug-likeness (QED) is 0.646. The van der Waals surface area contributed by atoms with Gasteiger partial charge in [-0.05, 0) is 17.7 Å². The highest BCUT2D eigenvalue weighted by Gasteiger charge is 1.99. The summed E-state index contributed by atoms with van der Waals surface area (Å²) < 4.78 is 0.963. The lowest BCUT2D eigenvalue weighted by Gasteiger charge is -1.95. The fraction of sp³-hybridized carbons (Fsp3) is 0. The molecule has 66 valence electrons. The van der Waals surface area contributed by atoms with Gasteiger partial charge in [0.2, 0.25) is 0 Å². The molecule has 0 atom stereocenters. The average molecular weight is 245 g/mol. The minimum atomic E-state index is 0.766. The predicted octanol–water partition coefficient (Wildman–Crippen LogP) is 4.86. The summed E-state index contributed by atoms with van der Waals surface area (Å²) in [4.78, 5) is 1.21. The zero-order valence-electron chi connectivity index (χ0n) is 6.49. The molecule has 4 heteroatoms. The van der Waals surface area contributed by atoms with Crippen molar-refractivity contribution in [2.75, 3.05) is 0 Å². The van der Waals surface area contributed by atoms with E-state index >= 15 is 0 Å². The second kappa shape index (κ2) is 3.88. The maximum Gasteiger partial charge on any atom is 0.144 e. The summed E-state index contributed by atoms with van der Waals surface area (Å²) in [6.45, 7) is 0. The van der Waals surface area contributed by atoms with E-state index in [1.807, 2.05) is 24.3 Å². The molecule has 0 aliphatic carbocycles. The highest BCUT2D eigenvalue weighted by molar-refractivity contribution is 7.76. The minimum absolute atomic E-state index is 0.766. The second-order valence-electron chi connectivity index (χ2n) is 2.46. The summed E-state index contributed by atoms with van der Waals surface area (Å²) in [5, 5.41) is 2.85. The molecular formula is C9H5ClS3. The number of hydrogen-bond acceptors (Lipinski definition) is 3. The van der Waals surface area contributed by atoms with Gasteiger partial charge in [0, 0.05) is 15.3 Å². The Bertz CT molecular complexity index is 452.